The van der Waals surface area contributed by atoms with Gasteiger partial charge in [0.05, 0.1) is 30.0 Å². The molecular weight excluding hydrogens is 493 g/mol. The average molecular weight is 522 g/mol. The summed E-state index contributed by atoms with van der Waals surface area (Å²) < 4.78 is 25.8. The first-order valence-electron chi connectivity index (χ1n) is 12.7. The second-order valence-electron chi connectivity index (χ2n) is 9.72. The largest absolute Gasteiger partial charge is 0.497 e. The van der Waals surface area contributed by atoms with Crippen LogP contribution in [0, 0.1) is 5.82 Å². The van der Waals surface area contributed by atoms with E-state index in [4.69, 9.17) is 9.47 Å². The molecule has 0 unspecified atom stereocenters. The van der Waals surface area contributed by atoms with Crippen LogP contribution in [0.15, 0.2) is 79.1 Å². The van der Waals surface area contributed by atoms with Crippen LogP contribution in [0.3, 0.4) is 0 Å². The van der Waals surface area contributed by atoms with E-state index >= 15 is 0 Å². The fourth-order valence-corrected chi connectivity index (χ4v) is 4.76. The number of nitrogens with zero attached hydrogens (tertiary/aromatic N) is 3. The standard InChI is InChI=1S/C31H28FN5O2/c1-37(2)9-10-39-24-13-21(11-22(32)15-24)27-17-33-18-30-25(27)16-29(34-30)31-26-14-20(7-8-28(26)35-36-31)19-5-4-6-23(12-19)38-3/h4-8,11-18,34H,9-10H2,1-3H3,(H,35,36). The number of fused-ring (bicyclic) bond motifs is 2. The van der Waals surface area contributed by atoms with Gasteiger partial charge in [0.1, 0.15) is 29.6 Å². The molecular formula is C31H28FN5O2. The van der Waals surface area contributed by atoms with Crippen LogP contribution in [0.1, 0.15) is 0 Å². The van der Waals surface area contributed by atoms with Gasteiger partial charge in [-0.25, -0.2) is 4.39 Å². The maximum absolute atomic E-state index is 14.6. The summed E-state index contributed by atoms with van der Waals surface area (Å²) in [6.07, 6.45) is 3.52. The van der Waals surface area contributed by atoms with Crippen LogP contribution in [-0.2, 0) is 0 Å². The lowest BCUT2D eigenvalue weighted by Gasteiger charge is -2.12. The molecule has 0 aliphatic heterocycles. The molecule has 0 spiro atoms. The third-order valence-electron chi connectivity index (χ3n) is 6.76. The molecule has 0 atom stereocenters. The summed E-state index contributed by atoms with van der Waals surface area (Å²) in [5, 5.41) is 9.67. The van der Waals surface area contributed by atoms with Gasteiger partial charge < -0.3 is 19.4 Å². The second kappa shape index (κ2) is 10.2. The summed E-state index contributed by atoms with van der Waals surface area (Å²) in [6.45, 7) is 1.21. The van der Waals surface area contributed by atoms with Crippen LogP contribution >= 0.6 is 0 Å². The van der Waals surface area contributed by atoms with Crippen molar-refractivity contribution >= 4 is 21.8 Å². The SMILES string of the molecule is COc1cccc(-c2ccc3[nH]nc(-c4cc5c(-c6cc(F)cc(OCCN(C)C)c6)cncc5[nH]4)c3c2)c1. The van der Waals surface area contributed by atoms with E-state index in [-0.39, 0.29) is 5.82 Å². The number of ether oxygens (including phenoxy) is 2. The first-order chi connectivity index (χ1) is 19.0. The van der Waals surface area contributed by atoms with Crippen molar-refractivity contribution < 1.29 is 13.9 Å². The highest BCUT2D eigenvalue weighted by Crippen LogP contribution is 2.36. The van der Waals surface area contributed by atoms with E-state index in [2.05, 4.69) is 38.4 Å². The van der Waals surface area contributed by atoms with Gasteiger partial charge in [0, 0.05) is 35.1 Å². The quantitative estimate of drug-likeness (QED) is 0.238. The van der Waals surface area contributed by atoms with Gasteiger partial charge in [-0.15, -0.1) is 0 Å². The van der Waals surface area contributed by atoms with E-state index in [0.29, 0.717) is 17.9 Å². The van der Waals surface area contributed by atoms with E-state index in [1.807, 2.05) is 55.4 Å². The summed E-state index contributed by atoms with van der Waals surface area (Å²) in [5.41, 5.74) is 7.02. The number of aromatic amines is 2. The highest BCUT2D eigenvalue weighted by molar-refractivity contribution is 6.01. The number of likely N-dealkylation sites (N-methyl/N-ethyl adjacent to an activating group) is 1. The first kappa shape index (κ1) is 24.6. The number of aromatic nitrogens is 4. The normalized spacial score (nSPS) is 11.5. The van der Waals surface area contributed by atoms with Gasteiger partial charge in [-0.3, -0.25) is 10.1 Å². The Morgan fingerprint density at radius 1 is 0.846 bits per heavy atom. The van der Waals surface area contributed by atoms with E-state index in [0.717, 1.165) is 62.2 Å². The topological polar surface area (TPSA) is 79.1 Å². The van der Waals surface area contributed by atoms with Gasteiger partial charge in [0.15, 0.2) is 0 Å². The van der Waals surface area contributed by atoms with E-state index in [9.17, 15) is 4.39 Å². The zero-order chi connectivity index (χ0) is 26.9. The summed E-state index contributed by atoms with van der Waals surface area (Å²) in [6, 6.07) is 21.0. The van der Waals surface area contributed by atoms with Gasteiger partial charge in [-0.1, -0.05) is 18.2 Å². The molecule has 0 aliphatic rings. The zero-order valence-electron chi connectivity index (χ0n) is 22.0. The lowest BCUT2D eigenvalue weighted by Crippen LogP contribution is -2.19. The van der Waals surface area contributed by atoms with Crippen molar-refractivity contribution in [2.75, 3.05) is 34.4 Å². The van der Waals surface area contributed by atoms with Crippen LogP contribution in [0.2, 0.25) is 0 Å². The molecule has 3 aromatic carbocycles. The van der Waals surface area contributed by atoms with Gasteiger partial charge in [0.2, 0.25) is 0 Å². The number of H-pyrrole nitrogens is 2. The van der Waals surface area contributed by atoms with Crippen LogP contribution in [-0.4, -0.2) is 59.4 Å². The van der Waals surface area contributed by atoms with Crippen molar-refractivity contribution in [3.63, 3.8) is 0 Å². The van der Waals surface area contributed by atoms with Crippen molar-refractivity contribution in [3.8, 4) is 45.1 Å². The van der Waals surface area contributed by atoms with E-state index in [1.165, 1.54) is 12.1 Å². The van der Waals surface area contributed by atoms with Gasteiger partial charge in [0.25, 0.3) is 0 Å². The van der Waals surface area contributed by atoms with E-state index in [1.54, 1.807) is 19.5 Å². The Hall–Kier alpha value is -4.69. The number of pyridine rings is 1. The molecule has 0 radical (unpaired) electrons. The number of halogens is 1. The Balaban J connectivity index is 1.40. The third-order valence-corrected chi connectivity index (χ3v) is 6.76. The van der Waals surface area contributed by atoms with Crippen LogP contribution < -0.4 is 9.47 Å². The Morgan fingerprint density at radius 3 is 2.54 bits per heavy atom. The van der Waals surface area contributed by atoms with Crippen molar-refractivity contribution in [1.29, 1.82) is 0 Å². The molecule has 0 aliphatic carbocycles. The van der Waals surface area contributed by atoms with Gasteiger partial charge in [-0.05, 0) is 73.3 Å². The highest BCUT2D eigenvalue weighted by Gasteiger charge is 2.16. The summed E-state index contributed by atoms with van der Waals surface area (Å²) in [5.74, 6) is 0.936. The summed E-state index contributed by atoms with van der Waals surface area (Å²) >= 11 is 0. The Bertz CT molecular complexity index is 1790. The van der Waals surface area contributed by atoms with Crippen molar-refractivity contribution in [2.45, 2.75) is 0 Å². The average Bonchev–Trinajstić information content (AvgIpc) is 3.56. The number of methoxy groups -OCH3 is 1. The molecule has 0 saturated heterocycles. The van der Waals surface area contributed by atoms with E-state index < -0.39 is 0 Å². The molecule has 2 N–H and O–H groups in total. The smallest absolute Gasteiger partial charge is 0.127 e. The molecule has 196 valence electrons. The maximum Gasteiger partial charge on any atom is 0.127 e. The molecule has 39 heavy (non-hydrogen) atoms. The maximum atomic E-state index is 14.6. The third kappa shape index (κ3) is 4.94. The lowest BCUT2D eigenvalue weighted by molar-refractivity contribution is 0.260. The Labute approximate surface area is 225 Å². The Morgan fingerprint density at radius 2 is 1.69 bits per heavy atom. The lowest BCUT2D eigenvalue weighted by atomic mass is 10.0. The minimum Gasteiger partial charge on any atom is -0.497 e. The number of nitrogens with one attached hydrogen (secondary N) is 2. The molecule has 6 rings (SSSR count). The Kier molecular flexibility index (Phi) is 6.46. The fraction of sp³-hybridized carbons (Fsp3) is 0.161. The molecule has 0 saturated carbocycles. The molecule has 0 amide bonds. The molecule has 3 aromatic heterocycles. The predicted octanol–water partition coefficient (Wildman–Crippen LogP) is 6.53. The zero-order valence-corrected chi connectivity index (χ0v) is 22.0. The molecule has 7 nitrogen and oxygen atoms in total. The number of benzene rings is 3. The van der Waals surface area contributed by atoms with Gasteiger partial charge >= 0.3 is 0 Å². The fourth-order valence-electron chi connectivity index (χ4n) is 4.76. The number of rotatable bonds is 8. The molecule has 6 aromatic rings. The first-order valence-corrected chi connectivity index (χ1v) is 12.7. The van der Waals surface area contributed by atoms with Crippen LogP contribution in [0.5, 0.6) is 11.5 Å². The monoisotopic (exact) mass is 521 g/mol. The second-order valence-corrected chi connectivity index (χ2v) is 9.72. The van der Waals surface area contributed by atoms with Crippen molar-refractivity contribution in [1.82, 2.24) is 25.1 Å². The van der Waals surface area contributed by atoms with Crippen molar-refractivity contribution in [2.24, 2.45) is 0 Å². The molecule has 3 heterocycles. The molecule has 0 fully saturated rings. The summed E-state index contributed by atoms with van der Waals surface area (Å²) in [7, 11) is 5.61. The summed E-state index contributed by atoms with van der Waals surface area (Å²) in [4.78, 5) is 9.90. The van der Waals surface area contributed by atoms with Crippen LogP contribution in [0.4, 0.5) is 4.39 Å². The molecule has 0 bridgehead atoms. The predicted molar refractivity (Wildman–Crippen MR) is 153 cm³/mol. The van der Waals surface area contributed by atoms with Gasteiger partial charge in [-0.2, -0.15) is 5.10 Å². The minimum atomic E-state index is -0.358. The molecule has 8 heteroatoms. The number of hydrogen-bond donors (Lipinski definition) is 2. The number of hydrogen-bond acceptors (Lipinski definition) is 5. The minimum absolute atomic E-state index is 0.358. The van der Waals surface area contributed by atoms with Crippen LogP contribution in [0.25, 0.3) is 55.4 Å². The van der Waals surface area contributed by atoms with Crippen molar-refractivity contribution in [3.05, 3.63) is 84.9 Å². The highest BCUT2D eigenvalue weighted by atomic mass is 19.1.